The Labute approximate surface area is 182 Å². The highest BCUT2D eigenvalue weighted by Crippen LogP contribution is 2.36. The predicted octanol–water partition coefficient (Wildman–Crippen LogP) is 6.48. The van der Waals surface area contributed by atoms with Crippen molar-refractivity contribution in [2.45, 2.75) is 21.9 Å². The monoisotopic (exact) mass is 469 g/mol. The second-order valence-corrected chi connectivity index (χ2v) is 10.2. The smallest absolute Gasteiger partial charge is 0.258 e. The van der Waals surface area contributed by atoms with Crippen molar-refractivity contribution in [3.05, 3.63) is 96.1 Å². The average molecular weight is 470 g/mol. The van der Waals surface area contributed by atoms with Crippen LogP contribution in [0.15, 0.2) is 89.8 Å². The quantitative estimate of drug-likeness (QED) is 0.353. The maximum Gasteiger partial charge on any atom is 0.501 e. The van der Waals surface area contributed by atoms with Crippen molar-refractivity contribution in [3.63, 3.8) is 0 Å². The number of alkyl halides is 3. The second kappa shape index (κ2) is 9.80. The molecule has 0 radical (unpaired) electrons. The molecule has 3 aromatic carbocycles. The van der Waals surface area contributed by atoms with Crippen LogP contribution in [0.4, 0.5) is 18.9 Å². The lowest BCUT2D eigenvalue weighted by Gasteiger charge is -2.22. The van der Waals surface area contributed by atoms with E-state index in [4.69, 9.17) is 0 Å². The Bertz CT molecular complexity index is 999. The van der Waals surface area contributed by atoms with Gasteiger partial charge in [0.25, 0.3) is 9.84 Å². The molecular formula is C21H18F3NO2S3. The third kappa shape index (κ3) is 5.74. The third-order valence-corrected chi connectivity index (χ3v) is 8.00. The van der Waals surface area contributed by atoms with Gasteiger partial charge in [0, 0.05) is 11.5 Å². The lowest BCUT2D eigenvalue weighted by molar-refractivity contribution is -0.0436. The molecule has 0 amide bonds. The topological polar surface area (TPSA) is 37.4 Å². The summed E-state index contributed by atoms with van der Waals surface area (Å²) in [5, 5.41) is 0. The molecule has 0 saturated heterocycles. The van der Waals surface area contributed by atoms with Crippen molar-refractivity contribution >= 4 is 39.4 Å². The van der Waals surface area contributed by atoms with Crippen molar-refractivity contribution < 1.29 is 21.6 Å². The molecule has 0 aromatic heterocycles. The van der Waals surface area contributed by atoms with Gasteiger partial charge in [-0.1, -0.05) is 60.7 Å². The summed E-state index contributed by atoms with van der Waals surface area (Å²) in [6, 6.07) is 24.4. The van der Waals surface area contributed by atoms with Crippen LogP contribution < -0.4 is 3.71 Å². The summed E-state index contributed by atoms with van der Waals surface area (Å²) in [6.45, 7) is 0. The van der Waals surface area contributed by atoms with E-state index in [9.17, 15) is 21.6 Å². The zero-order chi connectivity index (χ0) is 21.6. The fraction of sp³-hybridized carbons (Fsp3) is 0.143. The fourth-order valence-corrected chi connectivity index (χ4v) is 5.32. The van der Waals surface area contributed by atoms with Crippen LogP contribution in [0, 0.1) is 0 Å². The van der Waals surface area contributed by atoms with Crippen LogP contribution in [0.2, 0.25) is 0 Å². The minimum absolute atomic E-state index is 0.609. The van der Waals surface area contributed by atoms with Gasteiger partial charge in [-0.3, -0.25) is 3.71 Å². The van der Waals surface area contributed by atoms with Crippen LogP contribution in [-0.4, -0.2) is 13.9 Å². The minimum atomic E-state index is -5.36. The van der Waals surface area contributed by atoms with E-state index in [1.165, 1.54) is 36.0 Å². The molecule has 0 saturated carbocycles. The number of benzene rings is 3. The zero-order valence-corrected chi connectivity index (χ0v) is 18.1. The summed E-state index contributed by atoms with van der Waals surface area (Å²) in [5.41, 5.74) is -2.51. The molecule has 30 heavy (non-hydrogen) atoms. The van der Waals surface area contributed by atoms with E-state index < -0.39 is 20.2 Å². The first kappa shape index (κ1) is 22.6. The van der Waals surface area contributed by atoms with Gasteiger partial charge in [-0.05, 0) is 59.3 Å². The Kier molecular flexibility index (Phi) is 7.38. The van der Waals surface area contributed by atoms with Crippen LogP contribution in [0.3, 0.4) is 0 Å². The fourth-order valence-electron chi connectivity index (χ4n) is 2.48. The molecule has 0 aliphatic heterocycles. The maximum atomic E-state index is 12.8. The highest BCUT2D eigenvalue weighted by Gasteiger charge is 2.46. The molecule has 0 heterocycles. The summed E-state index contributed by atoms with van der Waals surface area (Å²) >= 11 is 2.98. The molecule has 0 N–H and O–H groups in total. The van der Waals surface area contributed by atoms with Crippen molar-refractivity contribution in [2.75, 3.05) is 3.71 Å². The maximum absolute atomic E-state index is 12.8. The Morgan fingerprint density at radius 1 is 0.700 bits per heavy atom. The van der Waals surface area contributed by atoms with Gasteiger partial charge >= 0.3 is 5.51 Å². The van der Waals surface area contributed by atoms with Gasteiger partial charge in [0.05, 0.1) is 10.6 Å². The number of anilines is 1. The van der Waals surface area contributed by atoms with Crippen LogP contribution in [0.5, 0.6) is 0 Å². The molecule has 3 aromatic rings. The lowest BCUT2D eigenvalue weighted by atomic mass is 10.2. The van der Waals surface area contributed by atoms with Gasteiger partial charge in [-0.2, -0.15) is 13.2 Å². The molecule has 0 aliphatic rings. The van der Waals surface area contributed by atoms with Gasteiger partial charge in [0.2, 0.25) is 0 Å². The largest absolute Gasteiger partial charge is 0.501 e. The summed E-state index contributed by atoms with van der Waals surface area (Å²) in [4.78, 5) is -0.764. The van der Waals surface area contributed by atoms with Crippen molar-refractivity contribution in [3.8, 4) is 0 Å². The van der Waals surface area contributed by atoms with E-state index in [1.807, 2.05) is 64.4 Å². The second-order valence-electron chi connectivity index (χ2n) is 6.22. The van der Waals surface area contributed by atoms with Gasteiger partial charge in [0.15, 0.2) is 0 Å². The van der Waals surface area contributed by atoms with Crippen molar-refractivity contribution in [2.24, 2.45) is 0 Å². The van der Waals surface area contributed by atoms with E-state index in [-0.39, 0.29) is 0 Å². The SMILES string of the molecule is O=S(=O)(c1ccc(N(SCc2ccccc2)SCc2ccccc2)cc1)C(F)(F)F. The molecule has 0 fully saturated rings. The van der Waals surface area contributed by atoms with Gasteiger partial charge in [-0.25, -0.2) is 8.42 Å². The summed E-state index contributed by atoms with van der Waals surface area (Å²) < 4.78 is 63.5. The van der Waals surface area contributed by atoms with Crippen LogP contribution in [-0.2, 0) is 21.3 Å². The minimum Gasteiger partial charge on any atom is -0.258 e. The third-order valence-electron chi connectivity index (χ3n) is 4.05. The number of halogens is 3. The number of nitrogens with zero attached hydrogens (tertiary/aromatic N) is 1. The molecule has 0 unspecified atom stereocenters. The number of rotatable bonds is 8. The first-order valence-electron chi connectivity index (χ1n) is 8.82. The van der Waals surface area contributed by atoms with E-state index >= 15 is 0 Å². The van der Waals surface area contributed by atoms with Crippen LogP contribution >= 0.6 is 23.9 Å². The lowest BCUT2D eigenvalue weighted by Crippen LogP contribution is -2.23. The van der Waals surface area contributed by atoms with Gasteiger partial charge in [0.1, 0.15) is 0 Å². The zero-order valence-electron chi connectivity index (χ0n) is 15.6. The van der Waals surface area contributed by atoms with E-state index in [0.717, 1.165) is 23.3 Å². The van der Waals surface area contributed by atoms with E-state index in [1.54, 1.807) is 0 Å². The van der Waals surface area contributed by atoms with Crippen molar-refractivity contribution in [1.82, 2.24) is 0 Å². The number of hydrogen-bond acceptors (Lipinski definition) is 5. The molecule has 0 bridgehead atoms. The molecule has 0 spiro atoms. The standard InChI is InChI=1S/C21H18F3NO2S3/c22-21(23,24)30(26,27)20-13-11-19(12-14-20)25(28-15-17-7-3-1-4-8-17)29-16-18-9-5-2-6-10-18/h1-14H,15-16H2. The average Bonchev–Trinajstić information content (AvgIpc) is 2.74. The van der Waals surface area contributed by atoms with E-state index in [2.05, 4.69) is 0 Å². The molecule has 158 valence electrons. The van der Waals surface area contributed by atoms with Crippen LogP contribution in [0.1, 0.15) is 11.1 Å². The molecule has 9 heteroatoms. The first-order valence-corrected chi connectivity index (χ1v) is 12.2. The van der Waals surface area contributed by atoms with Crippen LogP contribution in [0.25, 0.3) is 0 Å². The van der Waals surface area contributed by atoms with Gasteiger partial charge in [-0.15, -0.1) is 0 Å². The Morgan fingerprint density at radius 2 is 1.13 bits per heavy atom. The molecule has 0 atom stereocenters. The Hall–Kier alpha value is -2.10. The molecule has 3 rings (SSSR count). The summed E-state index contributed by atoms with van der Waals surface area (Å²) in [6.07, 6.45) is 0. The Morgan fingerprint density at radius 3 is 1.53 bits per heavy atom. The van der Waals surface area contributed by atoms with Gasteiger partial charge < -0.3 is 0 Å². The number of sulfone groups is 1. The molecule has 0 aliphatic carbocycles. The summed E-state index contributed by atoms with van der Waals surface area (Å²) in [5.74, 6) is 1.32. The molecular weight excluding hydrogens is 451 g/mol. The predicted molar refractivity (Wildman–Crippen MR) is 118 cm³/mol. The Balaban J connectivity index is 1.79. The highest BCUT2D eigenvalue weighted by atomic mass is 32.2. The summed E-state index contributed by atoms with van der Waals surface area (Å²) in [7, 11) is -5.36. The normalized spacial score (nSPS) is 12.0. The number of hydrogen-bond donors (Lipinski definition) is 0. The van der Waals surface area contributed by atoms with E-state index in [0.29, 0.717) is 17.2 Å². The molecule has 3 nitrogen and oxygen atoms in total. The first-order chi connectivity index (χ1) is 14.3. The highest BCUT2D eigenvalue weighted by molar-refractivity contribution is 8.17. The van der Waals surface area contributed by atoms with Crippen molar-refractivity contribution in [1.29, 1.82) is 0 Å².